The lowest BCUT2D eigenvalue weighted by molar-refractivity contribution is 0.501. The second kappa shape index (κ2) is 2.96. The minimum absolute atomic E-state index is 0.643. The molecule has 2 aliphatic carbocycles. The highest BCUT2D eigenvalue weighted by molar-refractivity contribution is 5.18. The molecule has 3 atom stereocenters. The second-order valence-electron chi connectivity index (χ2n) is 4.24. The Balaban J connectivity index is 1.88. The smallest absolute Gasteiger partial charge is 0.0115 e. The molecule has 0 saturated heterocycles. The molecule has 0 aromatic carbocycles. The molecular weight excluding hydrogens is 146 g/mol. The second-order valence-corrected chi connectivity index (χ2v) is 4.24. The highest BCUT2D eigenvalue weighted by Crippen LogP contribution is 2.44. The molecule has 2 N–H and O–H groups in total. The lowest BCUT2D eigenvalue weighted by Crippen LogP contribution is -2.14. The van der Waals surface area contributed by atoms with Crippen LogP contribution in [0.1, 0.15) is 26.2 Å². The molecule has 1 heteroatoms. The van der Waals surface area contributed by atoms with Crippen LogP contribution < -0.4 is 5.73 Å². The number of hydrogen-bond donors (Lipinski definition) is 1. The first kappa shape index (κ1) is 7.90. The Labute approximate surface area is 74.3 Å². The summed E-state index contributed by atoms with van der Waals surface area (Å²) in [6.45, 7) is 2.34. The van der Waals surface area contributed by atoms with Crippen molar-refractivity contribution < 1.29 is 0 Å². The Bertz CT molecular complexity index is 227. The van der Waals surface area contributed by atoms with E-state index in [1.165, 1.54) is 12.8 Å². The van der Waals surface area contributed by atoms with Crippen LogP contribution in [-0.2, 0) is 0 Å². The summed E-state index contributed by atoms with van der Waals surface area (Å²) in [7, 11) is 0. The summed E-state index contributed by atoms with van der Waals surface area (Å²) in [4.78, 5) is 0. The van der Waals surface area contributed by atoms with Gasteiger partial charge in [-0.1, -0.05) is 19.1 Å². The van der Waals surface area contributed by atoms with Crippen molar-refractivity contribution in [3.05, 3.63) is 23.9 Å². The summed E-state index contributed by atoms with van der Waals surface area (Å²) in [6.07, 6.45) is 10.3. The van der Waals surface area contributed by atoms with Crippen LogP contribution in [0.15, 0.2) is 23.9 Å². The van der Waals surface area contributed by atoms with Crippen molar-refractivity contribution in [1.82, 2.24) is 0 Å². The van der Waals surface area contributed by atoms with Crippen LogP contribution in [0.5, 0.6) is 0 Å². The molecule has 0 amide bonds. The van der Waals surface area contributed by atoms with Crippen molar-refractivity contribution in [2.45, 2.75) is 26.2 Å². The van der Waals surface area contributed by atoms with Gasteiger partial charge in [0.25, 0.3) is 0 Å². The topological polar surface area (TPSA) is 26.0 Å². The quantitative estimate of drug-likeness (QED) is 0.665. The van der Waals surface area contributed by atoms with Gasteiger partial charge in [-0.15, -0.1) is 0 Å². The van der Waals surface area contributed by atoms with E-state index in [1.54, 1.807) is 0 Å². The van der Waals surface area contributed by atoms with Gasteiger partial charge in [-0.3, -0.25) is 0 Å². The lowest BCUT2D eigenvalue weighted by Gasteiger charge is -2.17. The normalized spacial score (nSPS) is 39.4. The summed E-state index contributed by atoms with van der Waals surface area (Å²) in [6, 6.07) is 0. The lowest BCUT2D eigenvalue weighted by atomic mass is 9.91. The van der Waals surface area contributed by atoms with Gasteiger partial charge in [0.05, 0.1) is 0 Å². The predicted octanol–water partition coefficient (Wildman–Crippen LogP) is 2.45. The average Bonchev–Trinajstić information content (AvgIpc) is 2.72. The minimum Gasteiger partial charge on any atom is -0.402 e. The Morgan fingerprint density at radius 1 is 1.58 bits per heavy atom. The Morgan fingerprint density at radius 3 is 2.92 bits per heavy atom. The van der Waals surface area contributed by atoms with E-state index >= 15 is 0 Å². The molecule has 2 rings (SSSR count). The van der Waals surface area contributed by atoms with Crippen molar-refractivity contribution in [2.75, 3.05) is 0 Å². The van der Waals surface area contributed by atoms with Crippen LogP contribution in [0.4, 0.5) is 0 Å². The Morgan fingerprint density at radius 2 is 2.33 bits per heavy atom. The van der Waals surface area contributed by atoms with Gasteiger partial charge in [0.1, 0.15) is 0 Å². The van der Waals surface area contributed by atoms with Gasteiger partial charge in [0.15, 0.2) is 0 Å². The van der Waals surface area contributed by atoms with Gasteiger partial charge < -0.3 is 5.73 Å². The van der Waals surface area contributed by atoms with E-state index in [1.807, 2.05) is 0 Å². The maximum atomic E-state index is 5.91. The predicted molar refractivity (Wildman–Crippen MR) is 51.4 cm³/mol. The van der Waals surface area contributed by atoms with Gasteiger partial charge in [-0.25, -0.2) is 0 Å². The molecule has 0 aromatic rings. The van der Waals surface area contributed by atoms with Crippen molar-refractivity contribution >= 4 is 0 Å². The van der Waals surface area contributed by atoms with Crippen LogP contribution in [0, 0.1) is 17.8 Å². The molecule has 0 aromatic heterocycles. The molecule has 66 valence electrons. The van der Waals surface area contributed by atoms with Crippen LogP contribution in [0.3, 0.4) is 0 Å². The molecule has 0 radical (unpaired) electrons. The van der Waals surface area contributed by atoms with E-state index < -0.39 is 0 Å². The standard InChI is InChI=1S/C11H17N/c1-8-6-10(8)7-9-4-2-3-5-11(9)12/h2-3,5,8-10H,4,6-7,12H2,1H3. The largest absolute Gasteiger partial charge is 0.402 e. The molecule has 1 saturated carbocycles. The van der Waals surface area contributed by atoms with E-state index in [0.717, 1.165) is 24.0 Å². The van der Waals surface area contributed by atoms with Crippen molar-refractivity contribution in [1.29, 1.82) is 0 Å². The summed E-state index contributed by atoms with van der Waals surface area (Å²) >= 11 is 0. The first-order chi connectivity index (χ1) is 5.77. The zero-order valence-electron chi connectivity index (χ0n) is 7.66. The highest BCUT2D eigenvalue weighted by Gasteiger charge is 2.34. The van der Waals surface area contributed by atoms with Gasteiger partial charge in [-0.05, 0) is 37.2 Å². The van der Waals surface area contributed by atoms with Gasteiger partial charge in [0.2, 0.25) is 0 Å². The fraction of sp³-hybridized carbons (Fsp3) is 0.636. The first-order valence-corrected chi connectivity index (χ1v) is 4.89. The van der Waals surface area contributed by atoms with Gasteiger partial charge >= 0.3 is 0 Å². The average molecular weight is 163 g/mol. The Kier molecular flexibility index (Phi) is 1.95. The molecule has 3 unspecified atom stereocenters. The summed E-state index contributed by atoms with van der Waals surface area (Å²) in [5.74, 6) is 2.57. The number of rotatable bonds is 2. The maximum absolute atomic E-state index is 5.91. The van der Waals surface area contributed by atoms with E-state index in [0.29, 0.717) is 5.92 Å². The SMILES string of the molecule is CC1CC1CC1CC=CC=C1N. The number of hydrogen-bond acceptors (Lipinski definition) is 1. The van der Waals surface area contributed by atoms with E-state index in [4.69, 9.17) is 5.73 Å². The van der Waals surface area contributed by atoms with Crippen molar-refractivity contribution in [2.24, 2.45) is 23.5 Å². The van der Waals surface area contributed by atoms with Crippen LogP contribution >= 0.6 is 0 Å². The zero-order chi connectivity index (χ0) is 8.55. The minimum atomic E-state index is 0.643. The van der Waals surface area contributed by atoms with E-state index in [-0.39, 0.29) is 0 Å². The number of nitrogens with two attached hydrogens (primary N) is 1. The van der Waals surface area contributed by atoms with E-state index in [2.05, 4.69) is 25.2 Å². The fourth-order valence-corrected chi connectivity index (χ4v) is 2.02. The third kappa shape index (κ3) is 1.55. The Hall–Kier alpha value is -0.720. The molecule has 2 aliphatic rings. The summed E-state index contributed by atoms with van der Waals surface area (Å²) in [5.41, 5.74) is 7.00. The molecule has 12 heavy (non-hydrogen) atoms. The first-order valence-electron chi connectivity index (χ1n) is 4.89. The van der Waals surface area contributed by atoms with E-state index in [9.17, 15) is 0 Å². The molecule has 1 fully saturated rings. The molecule has 0 aliphatic heterocycles. The zero-order valence-corrected chi connectivity index (χ0v) is 7.66. The van der Waals surface area contributed by atoms with Crippen LogP contribution in [-0.4, -0.2) is 0 Å². The number of allylic oxidation sites excluding steroid dienone is 4. The van der Waals surface area contributed by atoms with Crippen molar-refractivity contribution in [3.63, 3.8) is 0 Å². The maximum Gasteiger partial charge on any atom is 0.0115 e. The molecule has 0 bridgehead atoms. The molecular formula is C11H17N. The monoisotopic (exact) mass is 163 g/mol. The van der Waals surface area contributed by atoms with Crippen LogP contribution in [0.25, 0.3) is 0 Å². The van der Waals surface area contributed by atoms with Gasteiger partial charge in [0, 0.05) is 11.6 Å². The molecule has 0 heterocycles. The molecule has 1 nitrogen and oxygen atoms in total. The third-order valence-corrected chi connectivity index (χ3v) is 3.18. The summed E-state index contributed by atoms with van der Waals surface area (Å²) < 4.78 is 0. The van der Waals surface area contributed by atoms with Crippen molar-refractivity contribution in [3.8, 4) is 0 Å². The molecule has 0 spiro atoms. The highest BCUT2D eigenvalue weighted by atomic mass is 14.6. The van der Waals surface area contributed by atoms with Gasteiger partial charge in [-0.2, -0.15) is 0 Å². The summed E-state index contributed by atoms with van der Waals surface area (Å²) in [5, 5.41) is 0. The fourth-order valence-electron chi connectivity index (χ4n) is 2.02. The third-order valence-electron chi connectivity index (χ3n) is 3.18. The van der Waals surface area contributed by atoms with Crippen LogP contribution in [0.2, 0.25) is 0 Å².